The van der Waals surface area contributed by atoms with Crippen LogP contribution in [0.2, 0.25) is 0 Å². The number of aliphatic imine (C=N–C) groups is 1. The van der Waals surface area contributed by atoms with Gasteiger partial charge in [0.15, 0.2) is 0 Å². The Morgan fingerprint density at radius 1 is 1.00 bits per heavy atom. The molecule has 4 nitrogen and oxygen atoms in total. The summed E-state index contributed by atoms with van der Waals surface area (Å²) in [7, 11) is 0. The molecule has 1 aliphatic rings. The van der Waals surface area contributed by atoms with Crippen molar-refractivity contribution in [2.75, 3.05) is 6.61 Å². The topological polar surface area (TPSA) is 54.7 Å². The Labute approximate surface area is 244 Å². The van der Waals surface area contributed by atoms with E-state index < -0.39 is 0 Å². The zero-order valence-corrected chi connectivity index (χ0v) is 26.1. The third-order valence-corrected chi connectivity index (χ3v) is 8.09. The average molecular weight is 707 g/mol. The molecule has 0 radical (unpaired) electrons. The number of hydrogen-bond donors (Lipinski definition) is 1. The molecule has 1 aromatic heterocycles. The number of ether oxygens (including phenoxy) is 1. The minimum absolute atomic E-state index is 0. The maximum absolute atomic E-state index is 11.3. The standard InChI is InChI=1S/C32H35N2O2S.Pt/c1-18(2)24-15-22(32(5,6)7)16-25(29(24)35)31-34-28-23(12-9-13-27(28)37-31)20-10-8-11-21(14-20)30-33-26(17-36-30)19(3)4;/h8-13,15-16,18-19,26,35H,17H2,1-7H3;/q-1;/t26-;/m1./s1. The molecular formula is C32H35N2O2PtS-. The summed E-state index contributed by atoms with van der Waals surface area (Å²) in [5.74, 6) is 1.64. The zero-order valence-electron chi connectivity index (χ0n) is 23.0. The minimum atomic E-state index is -0.0388. The van der Waals surface area contributed by atoms with Gasteiger partial charge in [0.25, 0.3) is 0 Å². The number of phenolic OH excluding ortho intramolecular Hbond substituents is 1. The minimum Gasteiger partial charge on any atom is -0.510 e. The molecule has 3 aromatic carbocycles. The van der Waals surface area contributed by atoms with E-state index in [1.807, 2.05) is 12.1 Å². The third kappa shape index (κ3) is 5.46. The van der Waals surface area contributed by atoms with Gasteiger partial charge in [-0.25, -0.2) is 4.98 Å². The Bertz CT molecular complexity index is 1500. The van der Waals surface area contributed by atoms with Gasteiger partial charge in [0.1, 0.15) is 23.3 Å². The summed E-state index contributed by atoms with van der Waals surface area (Å²) in [6, 6.07) is 20.3. The SMILES string of the molecule is CC(C)c1cc(C(C)(C)C)cc(-c2nc3c(-c4[c-]c(C5=N[C@@H](C(C)C)CO5)ccc4)cccc3s2)c1O.[Pt]. The van der Waals surface area contributed by atoms with Gasteiger partial charge in [0.05, 0.1) is 17.1 Å². The first-order valence-electron chi connectivity index (χ1n) is 13.0. The van der Waals surface area contributed by atoms with Crippen molar-refractivity contribution in [3.63, 3.8) is 0 Å². The van der Waals surface area contributed by atoms with Gasteiger partial charge in [-0.1, -0.05) is 77.8 Å². The molecule has 202 valence electrons. The molecular weight excluding hydrogens is 672 g/mol. The zero-order chi connectivity index (χ0) is 26.5. The number of phenols is 1. The van der Waals surface area contributed by atoms with Gasteiger partial charge in [-0.05, 0) is 40.5 Å². The van der Waals surface area contributed by atoms with Gasteiger partial charge in [-0.2, -0.15) is 0 Å². The summed E-state index contributed by atoms with van der Waals surface area (Å²) in [6.07, 6.45) is 0. The molecule has 1 atom stereocenters. The van der Waals surface area contributed by atoms with Crippen molar-refractivity contribution in [1.82, 2.24) is 4.98 Å². The Morgan fingerprint density at radius 3 is 2.37 bits per heavy atom. The predicted octanol–water partition coefficient (Wildman–Crippen LogP) is 8.36. The average Bonchev–Trinajstić information content (AvgIpc) is 3.51. The van der Waals surface area contributed by atoms with E-state index in [2.05, 4.69) is 90.9 Å². The number of benzene rings is 3. The molecule has 0 unspecified atom stereocenters. The molecule has 6 heteroatoms. The van der Waals surface area contributed by atoms with E-state index in [0.717, 1.165) is 43.0 Å². The maximum atomic E-state index is 11.3. The molecule has 0 bridgehead atoms. The third-order valence-electron chi connectivity index (χ3n) is 7.04. The van der Waals surface area contributed by atoms with Crippen LogP contribution in [0.15, 0.2) is 53.5 Å². The normalized spacial score (nSPS) is 15.6. The molecule has 0 fully saturated rings. The van der Waals surface area contributed by atoms with Crippen LogP contribution in [-0.2, 0) is 31.2 Å². The van der Waals surface area contributed by atoms with Crippen LogP contribution >= 0.6 is 11.3 Å². The van der Waals surface area contributed by atoms with E-state index in [4.69, 9.17) is 14.7 Å². The number of aromatic hydroxyl groups is 1. The molecule has 2 heterocycles. The molecule has 4 aromatic rings. The molecule has 0 saturated heterocycles. The van der Waals surface area contributed by atoms with Crippen LogP contribution in [0, 0.1) is 12.0 Å². The summed E-state index contributed by atoms with van der Waals surface area (Å²) in [5, 5.41) is 12.1. The number of hydrogen-bond acceptors (Lipinski definition) is 5. The van der Waals surface area contributed by atoms with E-state index in [-0.39, 0.29) is 38.4 Å². The first kappa shape index (κ1) is 28.5. The van der Waals surface area contributed by atoms with Gasteiger partial charge in [0.2, 0.25) is 0 Å². The first-order valence-corrected chi connectivity index (χ1v) is 13.9. The summed E-state index contributed by atoms with van der Waals surface area (Å²) in [4.78, 5) is 9.86. The van der Waals surface area contributed by atoms with Gasteiger partial charge >= 0.3 is 0 Å². The maximum Gasteiger partial charge on any atom is 0.148 e. The Hall–Kier alpha value is -2.49. The van der Waals surface area contributed by atoms with E-state index in [1.165, 1.54) is 5.56 Å². The molecule has 0 aliphatic carbocycles. The van der Waals surface area contributed by atoms with Crippen molar-refractivity contribution in [2.45, 2.75) is 65.8 Å². The Kier molecular flexibility index (Phi) is 8.21. The molecule has 5 rings (SSSR count). The monoisotopic (exact) mass is 706 g/mol. The van der Waals surface area contributed by atoms with Crippen molar-refractivity contribution < 1.29 is 30.9 Å². The fraction of sp³-hybridized carbons (Fsp3) is 0.375. The smallest absolute Gasteiger partial charge is 0.148 e. The number of rotatable bonds is 5. The first-order chi connectivity index (χ1) is 17.5. The van der Waals surface area contributed by atoms with E-state index in [0.29, 0.717) is 24.2 Å². The van der Waals surface area contributed by atoms with Crippen molar-refractivity contribution in [3.8, 4) is 27.4 Å². The van der Waals surface area contributed by atoms with Crippen LogP contribution in [0.5, 0.6) is 5.75 Å². The van der Waals surface area contributed by atoms with Gasteiger partial charge in [-0.15, -0.1) is 41.2 Å². The molecule has 0 saturated carbocycles. The van der Waals surface area contributed by atoms with Crippen LogP contribution < -0.4 is 0 Å². The second-order valence-electron chi connectivity index (χ2n) is 11.6. The van der Waals surface area contributed by atoms with Crippen LogP contribution in [0.25, 0.3) is 31.9 Å². The van der Waals surface area contributed by atoms with E-state index in [1.54, 1.807) is 11.3 Å². The van der Waals surface area contributed by atoms with Gasteiger partial charge in [0, 0.05) is 25.8 Å². The second-order valence-corrected chi connectivity index (χ2v) is 12.6. The van der Waals surface area contributed by atoms with Crippen LogP contribution in [-0.4, -0.2) is 28.6 Å². The van der Waals surface area contributed by atoms with Crippen LogP contribution in [0.4, 0.5) is 0 Å². The number of nitrogens with zero attached hydrogens (tertiary/aromatic N) is 2. The Morgan fingerprint density at radius 2 is 1.71 bits per heavy atom. The van der Waals surface area contributed by atoms with Crippen molar-refractivity contribution in [1.29, 1.82) is 0 Å². The van der Waals surface area contributed by atoms with Crippen LogP contribution in [0.1, 0.15) is 71.1 Å². The number of fused-ring (bicyclic) bond motifs is 1. The molecule has 0 spiro atoms. The molecule has 0 amide bonds. The quantitative estimate of drug-likeness (QED) is 0.212. The van der Waals surface area contributed by atoms with Crippen molar-refractivity contribution >= 4 is 27.5 Å². The summed E-state index contributed by atoms with van der Waals surface area (Å²) in [5.41, 5.74) is 6.66. The van der Waals surface area contributed by atoms with Gasteiger partial charge in [-0.3, -0.25) is 4.99 Å². The fourth-order valence-electron chi connectivity index (χ4n) is 4.60. The molecule has 38 heavy (non-hydrogen) atoms. The summed E-state index contributed by atoms with van der Waals surface area (Å²) >= 11 is 1.61. The fourth-order valence-corrected chi connectivity index (χ4v) is 5.61. The summed E-state index contributed by atoms with van der Waals surface area (Å²) < 4.78 is 6.99. The number of aromatic nitrogens is 1. The van der Waals surface area contributed by atoms with Crippen molar-refractivity contribution in [2.24, 2.45) is 10.9 Å². The van der Waals surface area contributed by atoms with E-state index in [9.17, 15) is 5.11 Å². The van der Waals surface area contributed by atoms with Crippen molar-refractivity contribution in [3.05, 3.63) is 71.3 Å². The second kappa shape index (κ2) is 10.9. The largest absolute Gasteiger partial charge is 0.510 e. The number of para-hydroxylation sites is 1. The Balaban J connectivity index is 0.00000336. The van der Waals surface area contributed by atoms with Gasteiger partial charge < -0.3 is 9.84 Å². The molecule has 1 aliphatic heterocycles. The van der Waals surface area contributed by atoms with Crippen LogP contribution in [0.3, 0.4) is 0 Å². The number of thiazole rings is 1. The predicted molar refractivity (Wildman–Crippen MR) is 155 cm³/mol. The summed E-state index contributed by atoms with van der Waals surface area (Å²) in [6.45, 7) is 15.8. The molecule has 1 N–H and O–H groups in total. The van der Waals surface area contributed by atoms with E-state index >= 15 is 0 Å².